The van der Waals surface area contributed by atoms with Gasteiger partial charge in [-0.1, -0.05) is 0 Å². The number of nitrogens with one attached hydrogen (secondary N) is 2. The van der Waals surface area contributed by atoms with Crippen LogP contribution in [0.5, 0.6) is 0 Å². The molecule has 4 rings (SSSR count). The number of aromatic nitrogens is 1. The van der Waals surface area contributed by atoms with Gasteiger partial charge in [0.1, 0.15) is 17.5 Å². The van der Waals surface area contributed by atoms with E-state index in [4.69, 9.17) is 5.73 Å². The van der Waals surface area contributed by atoms with Crippen LogP contribution in [0.4, 0.5) is 13.2 Å². The third-order valence-corrected chi connectivity index (χ3v) is 5.40. The summed E-state index contributed by atoms with van der Waals surface area (Å²) < 4.78 is 41.5. The van der Waals surface area contributed by atoms with Crippen LogP contribution in [-0.4, -0.2) is 24.6 Å². The Balaban J connectivity index is 1.71. The minimum atomic E-state index is -0.611. The third kappa shape index (κ3) is 3.47. The highest BCUT2D eigenvalue weighted by Gasteiger charge is 2.34. The van der Waals surface area contributed by atoms with Crippen molar-refractivity contribution in [2.24, 2.45) is 11.7 Å². The van der Waals surface area contributed by atoms with Crippen LogP contribution in [0.2, 0.25) is 0 Å². The summed E-state index contributed by atoms with van der Waals surface area (Å²) in [7, 11) is 0. The van der Waals surface area contributed by atoms with E-state index in [0.717, 1.165) is 48.8 Å². The molecule has 2 aromatic carbocycles. The van der Waals surface area contributed by atoms with Crippen molar-refractivity contribution in [3.05, 3.63) is 59.4 Å². The van der Waals surface area contributed by atoms with Crippen LogP contribution in [0.15, 0.2) is 36.4 Å². The number of nitrogens with two attached hydrogens (primary N) is 1. The first-order valence-electron chi connectivity index (χ1n) is 9.24. The van der Waals surface area contributed by atoms with Crippen molar-refractivity contribution in [2.75, 3.05) is 19.6 Å². The third-order valence-electron chi connectivity index (χ3n) is 5.40. The second-order valence-electron chi connectivity index (χ2n) is 7.26. The highest BCUT2D eigenvalue weighted by atomic mass is 19.1. The molecule has 0 aliphatic heterocycles. The Hall–Kier alpha value is -2.31. The number of halogens is 3. The van der Waals surface area contributed by atoms with Crippen molar-refractivity contribution in [1.82, 2.24) is 10.3 Å². The smallest absolute Gasteiger partial charge is 0.150 e. The summed E-state index contributed by atoms with van der Waals surface area (Å²) in [6.07, 6.45) is 1.88. The Labute approximate surface area is 155 Å². The molecule has 0 unspecified atom stereocenters. The summed E-state index contributed by atoms with van der Waals surface area (Å²) in [5, 5.41) is 3.89. The van der Waals surface area contributed by atoms with Crippen molar-refractivity contribution in [3.8, 4) is 11.3 Å². The molecule has 1 aliphatic rings. The number of aromatic amines is 1. The quantitative estimate of drug-likeness (QED) is 0.565. The lowest BCUT2D eigenvalue weighted by molar-refractivity contribution is 0.257. The number of hydrogen-bond acceptors (Lipinski definition) is 2. The molecular weight excluding hydrogens is 351 g/mol. The maximum absolute atomic E-state index is 14.3. The van der Waals surface area contributed by atoms with Gasteiger partial charge in [-0.3, -0.25) is 0 Å². The summed E-state index contributed by atoms with van der Waals surface area (Å²) in [6.45, 7) is 2.28. The maximum atomic E-state index is 14.3. The molecule has 1 fully saturated rings. The van der Waals surface area contributed by atoms with Crippen LogP contribution in [0.1, 0.15) is 24.3 Å². The van der Waals surface area contributed by atoms with Crippen molar-refractivity contribution in [1.29, 1.82) is 0 Å². The van der Waals surface area contributed by atoms with E-state index in [1.54, 1.807) is 12.1 Å². The minimum Gasteiger partial charge on any atom is -0.352 e. The summed E-state index contributed by atoms with van der Waals surface area (Å²) in [5.41, 5.74) is 8.24. The van der Waals surface area contributed by atoms with E-state index in [1.807, 2.05) is 0 Å². The van der Waals surface area contributed by atoms with E-state index in [2.05, 4.69) is 10.3 Å². The van der Waals surface area contributed by atoms with E-state index in [0.29, 0.717) is 23.4 Å². The Morgan fingerprint density at radius 2 is 1.78 bits per heavy atom. The number of hydrogen-bond donors (Lipinski definition) is 3. The SMILES string of the molecule is NCCNCC1CC(c2c(-c3ccc(F)cc3)[nH]c3c(F)cc(F)cc23)C1. The van der Waals surface area contributed by atoms with E-state index < -0.39 is 11.6 Å². The van der Waals surface area contributed by atoms with Gasteiger partial charge in [0.15, 0.2) is 0 Å². The summed E-state index contributed by atoms with van der Waals surface area (Å²) in [4.78, 5) is 3.12. The van der Waals surface area contributed by atoms with Crippen molar-refractivity contribution >= 4 is 10.9 Å². The second kappa shape index (κ2) is 7.37. The fourth-order valence-corrected chi connectivity index (χ4v) is 4.05. The van der Waals surface area contributed by atoms with Crippen LogP contribution < -0.4 is 11.1 Å². The molecule has 4 N–H and O–H groups in total. The van der Waals surface area contributed by atoms with Crippen molar-refractivity contribution < 1.29 is 13.2 Å². The van der Waals surface area contributed by atoms with Gasteiger partial charge in [-0.2, -0.15) is 0 Å². The normalized spacial score (nSPS) is 19.4. The molecule has 27 heavy (non-hydrogen) atoms. The van der Waals surface area contributed by atoms with E-state index in [1.165, 1.54) is 18.2 Å². The van der Waals surface area contributed by atoms with Crippen molar-refractivity contribution in [2.45, 2.75) is 18.8 Å². The molecule has 0 spiro atoms. The zero-order valence-corrected chi connectivity index (χ0v) is 14.9. The highest BCUT2D eigenvalue weighted by Crippen LogP contribution is 2.48. The lowest BCUT2D eigenvalue weighted by Crippen LogP contribution is -2.34. The van der Waals surface area contributed by atoms with E-state index in [-0.39, 0.29) is 11.7 Å². The molecule has 1 aliphatic carbocycles. The molecule has 0 radical (unpaired) electrons. The molecule has 6 heteroatoms. The Morgan fingerprint density at radius 1 is 1.04 bits per heavy atom. The zero-order valence-electron chi connectivity index (χ0n) is 14.9. The average molecular weight is 373 g/mol. The molecule has 142 valence electrons. The lowest BCUT2D eigenvalue weighted by atomic mass is 9.70. The molecule has 1 saturated carbocycles. The maximum Gasteiger partial charge on any atom is 0.150 e. The van der Waals surface area contributed by atoms with Gasteiger partial charge in [0.05, 0.1) is 11.2 Å². The summed E-state index contributed by atoms with van der Waals surface area (Å²) >= 11 is 0. The first-order valence-corrected chi connectivity index (χ1v) is 9.24. The monoisotopic (exact) mass is 373 g/mol. The Morgan fingerprint density at radius 3 is 2.48 bits per heavy atom. The molecule has 0 atom stereocenters. The van der Waals surface area contributed by atoms with Crippen LogP contribution in [0.25, 0.3) is 22.2 Å². The molecule has 1 heterocycles. The average Bonchev–Trinajstić information content (AvgIpc) is 2.97. The number of rotatable bonds is 6. The summed E-state index contributed by atoms with van der Waals surface area (Å²) in [5.74, 6) is -0.800. The molecule has 0 amide bonds. The molecule has 3 aromatic rings. The molecule has 0 saturated heterocycles. The predicted molar refractivity (Wildman–Crippen MR) is 101 cm³/mol. The van der Waals surface area contributed by atoms with Gasteiger partial charge in [-0.05, 0) is 72.7 Å². The van der Waals surface area contributed by atoms with Crippen LogP contribution >= 0.6 is 0 Å². The van der Waals surface area contributed by atoms with Gasteiger partial charge in [0, 0.05) is 24.5 Å². The first kappa shape index (κ1) is 18.1. The van der Waals surface area contributed by atoms with Gasteiger partial charge >= 0.3 is 0 Å². The number of fused-ring (bicyclic) bond motifs is 1. The van der Waals surface area contributed by atoms with Gasteiger partial charge in [-0.25, -0.2) is 13.2 Å². The minimum absolute atomic E-state index is 0.213. The van der Waals surface area contributed by atoms with E-state index in [9.17, 15) is 13.2 Å². The number of benzene rings is 2. The molecule has 1 aromatic heterocycles. The predicted octanol–water partition coefficient (Wildman–Crippen LogP) is 4.29. The largest absolute Gasteiger partial charge is 0.352 e. The fourth-order valence-electron chi connectivity index (χ4n) is 4.05. The lowest BCUT2D eigenvalue weighted by Gasteiger charge is -2.36. The van der Waals surface area contributed by atoms with Gasteiger partial charge in [-0.15, -0.1) is 0 Å². The van der Waals surface area contributed by atoms with E-state index >= 15 is 0 Å². The Kier molecular flexibility index (Phi) is 4.93. The van der Waals surface area contributed by atoms with Crippen LogP contribution in [0, 0.1) is 23.4 Å². The Bertz CT molecular complexity index is 943. The van der Waals surface area contributed by atoms with Gasteiger partial charge < -0.3 is 16.0 Å². The van der Waals surface area contributed by atoms with Crippen LogP contribution in [0.3, 0.4) is 0 Å². The molecule has 0 bridgehead atoms. The standard InChI is InChI=1S/C21H22F3N3/c22-15-3-1-13(2-4-15)20-19(14-7-12(8-14)11-26-6-5-25)17-9-16(23)10-18(24)21(17)27-20/h1-4,9-10,12,14,26-27H,5-8,11,25H2. The second-order valence-corrected chi connectivity index (χ2v) is 7.26. The zero-order chi connectivity index (χ0) is 19.0. The topological polar surface area (TPSA) is 53.8 Å². The first-order chi connectivity index (χ1) is 13.1. The van der Waals surface area contributed by atoms with Crippen LogP contribution in [-0.2, 0) is 0 Å². The van der Waals surface area contributed by atoms with Gasteiger partial charge in [0.2, 0.25) is 0 Å². The summed E-state index contributed by atoms with van der Waals surface area (Å²) in [6, 6.07) is 8.35. The highest BCUT2D eigenvalue weighted by molar-refractivity contribution is 5.92. The fraction of sp³-hybridized carbons (Fsp3) is 0.333. The molecular formula is C21H22F3N3. The molecule has 3 nitrogen and oxygen atoms in total. The number of H-pyrrole nitrogens is 1. The van der Waals surface area contributed by atoms with Gasteiger partial charge in [0.25, 0.3) is 0 Å². The van der Waals surface area contributed by atoms with Crippen molar-refractivity contribution in [3.63, 3.8) is 0 Å².